The van der Waals surface area contributed by atoms with Gasteiger partial charge in [0, 0.05) is 11.4 Å². The summed E-state index contributed by atoms with van der Waals surface area (Å²) in [4.78, 5) is 0. The molecule has 0 aliphatic heterocycles. The van der Waals surface area contributed by atoms with Gasteiger partial charge in [-0.1, -0.05) is 44.9 Å². The maximum atomic E-state index is 3.28. The molecule has 0 aliphatic rings. The zero-order chi connectivity index (χ0) is 9.68. The van der Waals surface area contributed by atoms with Gasteiger partial charge >= 0.3 is 0 Å². The maximum absolute atomic E-state index is 3.28. The van der Waals surface area contributed by atoms with Crippen LogP contribution in [0.25, 0.3) is 0 Å². The SMILES string of the molecule is CCSNc1ccc(C(C)C)cc1. The molecule has 72 valence electrons. The fourth-order valence-corrected chi connectivity index (χ4v) is 1.54. The van der Waals surface area contributed by atoms with Crippen molar-refractivity contribution in [1.82, 2.24) is 0 Å². The molecule has 1 aromatic rings. The summed E-state index contributed by atoms with van der Waals surface area (Å²) < 4.78 is 3.28. The summed E-state index contributed by atoms with van der Waals surface area (Å²) in [5.41, 5.74) is 2.59. The van der Waals surface area contributed by atoms with E-state index >= 15 is 0 Å². The van der Waals surface area contributed by atoms with Crippen LogP contribution in [-0.2, 0) is 0 Å². The molecule has 0 fully saturated rings. The van der Waals surface area contributed by atoms with E-state index in [0.29, 0.717) is 5.92 Å². The molecule has 0 aliphatic carbocycles. The molecule has 0 spiro atoms. The third kappa shape index (κ3) is 3.31. The number of hydrogen-bond donors (Lipinski definition) is 1. The Morgan fingerprint density at radius 3 is 2.31 bits per heavy atom. The van der Waals surface area contributed by atoms with Crippen molar-refractivity contribution in [1.29, 1.82) is 0 Å². The largest absolute Gasteiger partial charge is 0.330 e. The molecule has 0 heterocycles. The highest BCUT2D eigenvalue weighted by Gasteiger charge is 1.97. The second-order valence-electron chi connectivity index (χ2n) is 3.31. The topological polar surface area (TPSA) is 12.0 Å². The normalized spacial score (nSPS) is 10.5. The Bertz CT molecular complexity index is 241. The van der Waals surface area contributed by atoms with E-state index in [1.165, 1.54) is 11.3 Å². The molecule has 1 rings (SSSR count). The summed E-state index contributed by atoms with van der Waals surface area (Å²) in [6.45, 7) is 6.56. The van der Waals surface area contributed by atoms with Gasteiger partial charge in [-0.3, -0.25) is 0 Å². The van der Waals surface area contributed by atoms with Crippen LogP contribution in [0.3, 0.4) is 0 Å². The minimum absolute atomic E-state index is 0.618. The minimum Gasteiger partial charge on any atom is -0.330 e. The van der Waals surface area contributed by atoms with Crippen molar-refractivity contribution in [2.24, 2.45) is 0 Å². The Kier molecular flexibility index (Phi) is 4.16. The third-order valence-corrected chi connectivity index (χ3v) is 2.58. The monoisotopic (exact) mass is 195 g/mol. The van der Waals surface area contributed by atoms with E-state index in [4.69, 9.17) is 0 Å². The van der Waals surface area contributed by atoms with Crippen LogP contribution >= 0.6 is 11.9 Å². The Morgan fingerprint density at radius 2 is 1.85 bits per heavy atom. The summed E-state index contributed by atoms with van der Waals surface area (Å²) in [5.74, 6) is 1.71. The Hall–Kier alpha value is -0.630. The molecule has 0 bridgehead atoms. The van der Waals surface area contributed by atoms with Gasteiger partial charge in [0.2, 0.25) is 0 Å². The van der Waals surface area contributed by atoms with Crippen LogP contribution in [0.1, 0.15) is 32.3 Å². The molecular weight excluding hydrogens is 178 g/mol. The van der Waals surface area contributed by atoms with E-state index in [-0.39, 0.29) is 0 Å². The molecule has 1 N–H and O–H groups in total. The van der Waals surface area contributed by atoms with Crippen molar-refractivity contribution >= 4 is 17.6 Å². The molecule has 0 saturated carbocycles. The smallest absolute Gasteiger partial charge is 0.0440 e. The number of benzene rings is 1. The zero-order valence-electron chi connectivity index (χ0n) is 8.50. The lowest BCUT2D eigenvalue weighted by Crippen LogP contribution is -1.89. The number of anilines is 1. The summed E-state index contributed by atoms with van der Waals surface area (Å²) in [6.07, 6.45) is 0. The van der Waals surface area contributed by atoms with E-state index in [9.17, 15) is 0 Å². The van der Waals surface area contributed by atoms with Gasteiger partial charge < -0.3 is 4.72 Å². The first-order valence-corrected chi connectivity index (χ1v) is 5.70. The van der Waals surface area contributed by atoms with Gasteiger partial charge in [-0.15, -0.1) is 0 Å². The summed E-state index contributed by atoms with van der Waals surface area (Å²) in [6, 6.07) is 8.64. The van der Waals surface area contributed by atoms with Crippen LogP contribution in [0, 0.1) is 0 Å². The lowest BCUT2D eigenvalue weighted by Gasteiger charge is -2.07. The van der Waals surface area contributed by atoms with Gasteiger partial charge in [-0.25, -0.2) is 0 Å². The highest BCUT2D eigenvalue weighted by Crippen LogP contribution is 2.18. The molecule has 0 atom stereocenters. The quantitative estimate of drug-likeness (QED) is 0.731. The number of nitrogens with one attached hydrogen (secondary N) is 1. The van der Waals surface area contributed by atoms with Crippen LogP contribution in [0.4, 0.5) is 5.69 Å². The first-order valence-electron chi connectivity index (χ1n) is 4.71. The van der Waals surface area contributed by atoms with E-state index in [1.807, 2.05) is 0 Å². The summed E-state index contributed by atoms with van der Waals surface area (Å²) >= 11 is 1.73. The molecule has 0 amide bonds. The molecular formula is C11H17NS. The van der Waals surface area contributed by atoms with E-state index in [2.05, 4.69) is 49.8 Å². The molecule has 1 nitrogen and oxygen atoms in total. The number of hydrogen-bond acceptors (Lipinski definition) is 2. The Morgan fingerprint density at radius 1 is 1.23 bits per heavy atom. The van der Waals surface area contributed by atoms with Crippen LogP contribution in [0.5, 0.6) is 0 Å². The van der Waals surface area contributed by atoms with Gasteiger partial charge in [0.05, 0.1) is 0 Å². The van der Waals surface area contributed by atoms with E-state index in [1.54, 1.807) is 11.9 Å². The lowest BCUT2D eigenvalue weighted by atomic mass is 10.0. The molecule has 1 aromatic carbocycles. The number of rotatable bonds is 4. The lowest BCUT2D eigenvalue weighted by molar-refractivity contribution is 0.867. The first kappa shape index (κ1) is 10.5. The predicted octanol–water partition coefficient (Wildman–Crippen LogP) is 3.89. The van der Waals surface area contributed by atoms with E-state index in [0.717, 1.165) is 5.75 Å². The molecule has 2 heteroatoms. The fraction of sp³-hybridized carbons (Fsp3) is 0.455. The summed E-state index contributed by atoms with van der Waals surface area (Å²) in [7, 11) is 0. The molecule has 0 radical (unpaired) electrons. The second kappa shape index (κ2) is 5.18. The Labute approximate surface area is 85.1 Å². The first-order chi connectivity index (χ1) is 6.24. The average Bonchev–Trinajstić information content (AvgIpc) is 2.15. The Balaban J connectivity index is 2.59. The fourth-order valence-electron chi connectivity index (χ4n) is 1.09. The summed E-state index contributed by atoms with van der Waals surface area (Å²) in [5, 5.41) is 0. The van der Waals surface area contributed by atoms with Crippen LogP contribution in [0.2, 0.25) is 0 Å². The maximum Gasteiger partial charge on any atom is 0.0440 e. The van der Waals surface area contributed by atoms with Crippen LogP contribution < -0.4 is 4.72 Å². The highest BCUT2D eigenvalue weighted by molar-refractivity contribution is 8.00. The van der Waals surface area contributed by atoms with Gasteiger partial charge in [0.25, 0.3) is 0 Å². The standard InChI is InChI=1S/C11H17NS/c1-4-13-12-11-7-5-10(6-8-11)9(2)3/h5-9,12H,4H2,1-3H3. The molecule has 13 heavy (non-hydrogen) atoms. The van der Waals surface area contributed by atoms with Gasteiger partial charge in [-0.2, -0.15) is 0 Å². The molecule has 0 saturated heterocycles. The minimum atomic E-state index is 0.618. The van der Waals surface area contributed by atoms with Crippen LogP contribution in [0.15, 0.2) is 24.3 Å². The van der Waals surface area contributed by atoms with Crippen molar-refractivity contribution < 1.29 is 0 Å². The predicted molar refractivity (Wildman–Crippen MR) is 62.3 cm³/mol. The molecule has 0 unspecified atom stereocenters. The van der Waals surface area contributed by atoms with Gasteiger partial charge in [0.1, 0.15) is 0 Å². The van der Waals surface area contributed by atoms with Crippen molar-refractivity contribution in [3.05, 3.63) is 29.8 Å². The third-order valence-electron chi connectivity index (χ3n) is 1.91. The second-order valence-corrected chi connectivity index (χ2v) is 4.38. The zero-order valence-corrected chi connectivity index (χ0v) is 9.32. The van der Waals surface area contributed by atoms with Crippen LogP contribution in [-0.4, -0.2) is 5.75 Å². The van der Waals surface area contributed by atoms with Crippen molar-refractivity contribution in [2.45, 2.75) is 26.7 Å². The van der Waals surface area contributed by atoms with Crippen molar-refractivity contribution in [2.75, 3.05) is 10.5 Å². The van der Waals surface area contributed by atoms with Crippen molar-refractivity contribution in [3.8, 4) is 0 Å². The van der Waals surface area contributed by atoms with E-state index < -0.39 is 0 Å². The van der Waals surface area contributed by atoms with Gasteiger partial charge in [0.15, 0.2) is 0 Å². The molecule has 0 aromatic heterocycles. The average molecular weight is 195 g/mol. The highest BCUT2D eigenvalue weighted by atomic mass is 32.2. The van der Waals surface area contributed by atoms with Crippen molar-refractivity contribution in [3.63, 3.8) is 0 Å². The van der Waals surface area contributed by atoms with Gasteiger partial charge in [-0.05, 0) is 23.6 Å².